The van der Waals surface area contributed by atoms with Gasteiger partial charge in [0.05, 0.1) is 5.41 Å². The van der Waals surface area contributed by atoms with Gasteiger partial charge in [0.1, 0.15) is 0 Å². The highest BCUT2D eigenvalue weighted by Gasteiger charge is 2.42. The summed E-state index contributed by atoms with van der Waals surface area (Å²) >= 11 is 0. The van der Waals surface area contributed by atoms with Gasteiger partial charge in [-0.15, -0.1) is 0 Å². The van der Waals surface area contributed by atoms with Crippen LogP contribution >= 0.6 is 0 Å². The molecule has 2 rings (SSSR count). The van der Waals surface area contributed by atoms with Crippen molar-refractivity contribution in [2.24, 2.45) is 5.41 Å². The second-order valence-corrected chi connectivity index (χ2v) is 6.17. The Morgan fingerprint density at radius 1 is 1.25 bits per heavy atom. The molecule has 0 saturated carbocycles. The van der Waals surface area contributed by atoms with Gasteiger partial charge in [0.2, 0.25) is 0 Å². The molecule has 0 aromatic carbocycles. The van der Waals surface area contributed by atoms with Crippen molar-refractivity contribution in [2.45, 2.75) is 32.6 Å². The first kappa shape index (κ1) is 15.1. The van der Waals surface area contributed by atoms with Crippen molar-refractivity contribution >= 4 is 12.0 Å². The van der Waals surface area contributed by atoms with Gasteiger partial charge in [0, 0.05) is 19.6 Å². The molecule has 2 amide bonds. The number of nitrogens with one attached hydrogen (secondary N) is 1. The van der Waals surface area contributed by atoms with Gasteiger partial charge < -0.3 is 20.2 Å². The summed E-state index contributed by atoms with van der Waals surface area (Å²) in [6.07, 6.45) is 4.06. The van der Waals surface area contributed by atoms with E-state index in [9.17, 15) is 9.59 Å². The van der Waals surface area contributed by atoms with Crippen molar-refractivity contribution in [1.29, 1.82) is 0 Å². The number of hydrogen-bond donors (Lipinski definition) is 2. The Morgan fingerprint density at radius 2 is 1.95 bits per heavy atom. The molecular weight excluding hydrogens is 258 g/mol. The SMILES string of the molecule is CC1(C(=O)O)CCN(C(=O)NCCCN2CCCC2)C1. The molecule has 2 heterocycles. The van der Waals surface area contributed by atoms with Crippen LogP contribution in [0.5, 0.6) is 0 Å². The number of rotatable bonds is 5. The highest BCUT2D eigenvalue weighted by Crippen LogP contribution is 2.29. The highest BCUT2D eigenvalue weighted by atomic mass is 16.4. The van der Waals surface area contributed by atoms with Crippen LogP contribution < -0.4 is 5.32 Å². The molecule has 0 bridgehead atoms. The van der Waals surface area contributed by atoms with Crippen LogP contribution in [0.15, 0.2) is 0 Å². The molecule has 2 fully saturated rings. The lowest BCUT2D eigenvalue weighted by atomic mass is 9.90. The fraction of sp³-hybridized carbons (Fsp3) is 0.857. The van der Waals surface area contributed by atoms with Crippen molar-refractivity contribution in [1.82, 2.24) is 15.1 Å². The van der Waals surface area contributed by atoms with Gasteiger partial charge in [-0.3, -0.25) is 4.79 Å². The van der Waals surface area contributed by atoms with Gasteiger partial charge in [-0.25, -0.2) is 4.79 Å². The zero-order valence-corrected chi connectivity index (χ0v) is 12.2. The van der Waals surface area contributed by atoms with Gasteiger partial charge in [0.25, 0.3) is 0 Å². The largest absolute Gasteiger partial charge is 0.481 e. The number of carboxylic acid groups (broad SMARTS) is 1. The monoisotopic (exact) mass is 283 g/mol. The fourth-order valence-electron chi connectivity index (χ4n) is 2.93. The van der Waals surface area contributed by atoms with Gasteiger partial charge in [0.15, 0.2) is 0 Å². The van der Waals surface area contributed by atoms with Crippen LogP contribution in [0.1, 0.15) is 32.6 Å². The van der Waals surface area contributed by atoms with Crippen LogP contribution in [0.2, 0.25) is 0 Å². The Kier molecular flexibility index (Phi) is 4.86. The van der Waals surface area contributed by atoms with Crippen molar-refractivity contribution in [3.05, 3.63) is 0 Å². The summed E-state index contributed by atoms with van der Waals surface area (Å²) in [5.41, 5.74) is -0.785. The Morgan fingerprint density at radius 3 is 2.55 bits per heavy atom. The van der Waals surface area contributed by atoms with Crippen molar-refractivity contribution in [3.8, 4) is 0 Å². The van der Waals surface area contributed by atoms with Crippen LogP contribution in [0, 0.1) is 5.41 Å². The topological polar surface area (TPSA) is 72.9 Å². The maximum atomic E-state index is 12.0. The number of amides is 2. The van der Waals surface area contributed by atoms with E-state index in [1.807, 2.05) is 0 Å². The van der Waals surface area contributed by atoms with E-state index in [1.165, 1.54) is 25.9 Å². The molecule has 6 nitrogen and oxygen atoms in total. The quantitative estimate of drug-likeness (QED) is 0.738. The number of carboxylic acids is 1. The normalized spacial score (nSPS) is 26.9. The van der Waals surface area contributed by atoms with Gasteiger partial charge in [-0.05, 0) is 52.2 Å². The fourth-order valence-corrected chi connectivity index (χ4v) is 2.93. The van der Waals surface area contributed by atoms with Crippen molar-refractivity contribution in [2.75, 3.05) is 39.3 Å². The van der Waals surface area contributed by atoms with Crippen LogP contribution in [-0.4, -0.2) is 66.2 Å². The minimum absolute atomic E-state index is 0.128. The van der Waals surface area contributed by atoms with Gasteiger partial charge in [-0.1, -0.05) is 0 Å². The van der Waals surface area contributed by atoms with E-state index in [4.69, 9.17) is 5.11 Å². The Labute approximate surface area is 120 Å². The molecule has 2 saturated heterocycles. The lowest BCUT2D eigenvalue weighted by molar-refractivity contribution is -0.146. The van der Waals surface area contributed by atoms with E-state index >= 15 is 0 Å². The van der Waals surface area contributed by atoms with Crippen LogP contribution in [0.25, 0.3) is 0 Å². The molecule has 0 spiro atoms. The molecular formula is C14H25N3O3. The van der Waals surface area contributed by atoms with Crippen molar-refractivity contribution < 1.29 is 14.7 Å². The number of aliphatic carboxylic acids is 1. The number of carbonyl (C=O) groups excluding carboxylic acids is 1. The van der Waals surface area contributed by atoms with Gasteiger partial charge >= 0.3 is 12.0 Å². The zero-order chi connectivity index (χ0) is 14.6. The second kappa shape index (κ2) is 6.43. The molecule has 114 valence electrons. The molecule has 0 radical (unpaired) electrons. The third kappa shape index (κ3) is 3.62. The van der Waals surface area contributed by atoms with Crippen LogP contribution in [-0.2, 0) is 4.79 Å². The molecule has 1 atom stereocenters. The van der Waals surface area contributed by atoms with Gasteiger partial charge in [-0.2, -0.15) is 0 Å². The lowest BCUT2D eigenvalue weighted by Gasteiger charge is -2.21. The number of urea groups is 1. The van der Waals surface area contributed by atoms with E-state index in [-0.39, 0.29) is 6.03 Å². The third-order valence-electron chi connectivity index (χ3n) is 4.40. The molecule has 2 aliphatic rings. The minimum Gasteiger partial charge on any atom is -0.481 e. The molecule has 20 heavy (non-hydrogen) atoms. The Balaban J connectivity index is 1.64. The summed E-state index contributed by atoms with van der Waals surface area (Å²) in [5, 5.41) is 12.0. The summed E-state index contributed by atoms with van der Waals surface area (Å²) in [4.78, 5) is 27.1. The predicted molar refractivity (Wildman–Crippen MR) is 75.6 cm³/mol. The number of hydrogen-bond acceptors (Lipinski definition) is 3. The maximum Gasteiger partial charge on any atom is 0.317 e. The average molecular weight is 283 g/mol. The summed E-state index contributed by atoms with van der Waals surface area (Å²) in [6.45, 7) is 6.59. The third-order valence-corrected chi connectivity index (χ3v) is 4.40. The second-order valence-electron chi connectivity index (χ2n) is 6.17. The first-order chi connectivity index (χ1) is 9.51. The number of nitrogens with zero attached hydrogens (tertiary/aromatic N) is 2. The van der Waals surface area contributed by atoms with E-state index in [1.54, 1.807) is 11.8 Å². The molecule has 6 heteroatoms. The molecule has 0 aromatic heterocycles. The van der Waals surface area contributed by atoms with E-state index < -0.39 is 11.4 Å². The summed E-state index contributed by atoms with van der Waals surface area (Å²) in [5.74, 6) is -0.818. The molecule has 0 aromatic rings. The predicted octanol–water partition coefficient (Wildman–Crippen LogP) is 0.979. The summed E-state index contributed by atoms with van der Waals surface area (Å²) < 4.78 is 0. The highest BCUT2D eigenvalue weighted by molar-refractivity contribution is 5.79. The summed E-state index contributed by atoms with van der Waals surface area (Å²) in [7, 11) is 0. The average Bonchev–Trinajstić information content (AvgIpc) is 3.04. The smallest absolute Gasteiger partial charge is 0.317 e. The number of carbonyl (C=O) groups is 2. The first-order valence-electron chi connectivity index (χ1n) is 7.50. The number of likely N-dealkylation sites (tertiary alicyclic amines) is 2. The van der Waals surface area contributed by atoms with Crippen LogP contribution in [0.4, 0.5) is 4.79 Å². The molecule has 0 aliphatic carbocycles. The standard InChI is InChI=1S/C14H25N3O3/c1-14(12(18)19)5-10-17(11-14)13(20)15-6-4-9-16-7-2-3-8-16/h2-11H2,1H3,(H,15,20)(H,18,19). The summed E-state index contributed by atoms with van der Waals surface area (Å²) in [6, 6.07) is -0.128. The molecule has 2 aliphatic heterocycles. The van der Waals surface area contributed by atoms with Crippen molar-refractivity contribution in [3.63, 3.8) is 0 Å². The lowest BCUT2D eigenvalue weighted by Crippen LogP contribution is -2.41. The Hall–Kier alpha value is -1.30. The molecule has 1 unspecified atom stereocenters. The van der Waals surface area contributed by atoms with E-state index in [0.29, 0.717) is 26.1 Å². The maximum absolute atomic E-state index is 12.0. The first-order valence-corrected chi connectivity index (χ1v) is 7.50. The zero-order valence-electron chi connectivity index (χ0n) is 12.2. The van der Waals surface area contributed by atoms with E-state index in [2.05, 4.69) is 10.2 Å². The van der Waals surface area contributed by atoms with E-state index in [0.717, 1.165) is 13.0 Å². The van der Waals surface area contributed by atoms with Crippen LogP contribution in [0.3, 0.4) is 0 Å². The Bertz CT molecular complexity index is 369. The minimum atomic E-state index is -0.818. The molecule has 2 N–H and O–H groups in total.